The zero-order chi connectivity index (χ0) is 15.9. The second kappa shape index (κ2) is 7.27. The summed E-state index contributed by atoms with van der Waals surface area (Å²) >= 11 is 1.12. The lowest BCUT2D eigenvalue weighted by Gasteiger charge is -1.97. The molecule has 0 spiro atoms. The van der Waals surface area contributed by atoms with Gasteiger partial charge in [0.25, 0.3) is 0 Å². The highest BCUT2D eigenvalue weighted by atomic mass is 32.1. The van der Waals surface area contributed by atoms with Crippen molar-refractivity contribution in [1.82, 2.24) is 15.6 Å². The summed E-state index contributed by atoms with van der Waals surface area (Å²) in [5, 5.41) is 23.9. The van der Waals surface area contributed by atoms with Crippen LogP contribution in [0.3, 0.4) is 0 Å². The van der Waals surface area contributed by atoms with Crippen LogP contribution < -0.4 is 10.7 Å². The van der Waals surface area contributed by atoms with Gasteiger partial charge in [-0.3, -0.25) is 9.59 Å². The molecule has 3 N–H and O–H groups in total. The molecule has 0 atom stereocenters. The van der Waals surface area contributed by atoms with E-state index in [2.05, 4.69) is 26.0 Å². The van der Waals surface area contributed by atoms with Crippen LogP contribution in [0.2, 0.25) is 0 Å². The molecule has 0 fully saturated rings. The van der Waals surface area contributed by atoms with Gasteiger partial charge in [-0.1, -0.05) is 23.5 Å². The number of rotatable bonds is 5. The first-order valence-corrected chi connectivity index (χ1v) is 7.05. The number of hydrogen-bond acceptors (Lipinski definition) is 7. The molecular formula is C13H13N5O3S. The lowest BCUT2D eigenvalue weighted by atomic mass is 10.2. The highest BCUT2D eigenvalue weighted by Crippen LogP contribution is 2.15. The van der Waals surface area contributed by atoms with E-state index in [-0.39, 0.29) is 24.0 Å². The molecule has 1 heterocycles. The molecule has 1 aromatic heterocycles. The average molecular weight is 319 g/mol. The first-order valence-electron chi connectivity index (χ1n) is 6.24. The summed E-state index contributed by atoms with van der Waals surface area (Å²) in [7, 11) is 0. The van der Waals surface area contributed by atoms with Gasteiger partial charge in [0.15, 0.2) is 0 Å². The van der Waals surface area contributed by atoms with Crippen molar-refractivity contribution in [3.63, 3.8) is 0 Å². The van der Waals surface area contributed by atoms with E-state index in [1.165, 1.54) is 25.3 Å². The number of aromatic nitrogens is 2. The maximum Gasteiger partial charge on any atom is 0.247 e. The summed E-state index contributed by atoms with van der Waals surface area (Å²) in [6.45, 7) is 1.36. The van der Waals surface area contributed by atoms with Crippen molar-refractivity contribution in [2.45, 2.75) is 13.3 Å². The Morgan fingerprint density at radius 3 is 2.95 bits per heavy atom. The number of carbonyl (C=O) groups is 2. The molecule has 0 aliphatic carbocycles. The van der Waals surface area contributed by atoms with Gasteiger partial charge in [0.05, 0.1) is 12.6 Å². The van der Waals surface area contributed by atoms with Crippen molar-refractivity contribution in [3.8, 4) is 5.75 Å². The van der Waals surface area contributed by atoms with Crippen LogP contribution >= 0.6 is 11.3 Å². The molecule has 2 rings (SSSR count). The predicted octanol–water partition coefficient (Wildman–Crippen LogP) is 0.895. The smallest absolute Gasteiger partial charge is 0.247 e. The van der Waals surface area contributed by atoms with Gasteiger partial charge in [-0.15, -0.1) is 10.2 Å². The van der Waals surface area contributed by atoms with Crippen LogP contribution in [0.4, 0.5) is 5.13 Å². The molecule has 0 radical (unpaired) electrons. The molecule has 22 heavy (non-hydrogen) atoms. The van der Waals surface area contributed by atoms with E-state index in [1.54, 1.807) is 12.1 Å². The zero-order valence-electron chi connectivity index (χ0n) is 11.6. The highest BCUT2D eigenvalue weighted by Gasteiger charge is 2.09. The second-order valence-corrected chi connectivity index (χ2v) is 5.31. The largest absolute Gasteiger partial charge is 0.508 e. The van der Waals surface area contributed by atoms with Crippen LogP contribution in [-0.4, -0.2) is 33.3 Å². The Hall–Kier alpha value is -2.81. The van der Waals surface area contributed by atoms with Crippen LogP contribution in [0.15, 0.2) is 29.4 Å². The maximum absolute atomic E-state index is 11.7. The summed E-state index contributed by atoms with van der Waals surface area (Å²) in [6, 6.07) is 6.46. The molecule has 0 unspecified atom stereocenters. The number of aromatic hydroxyl groups is 1. The van der Waals surface area contributed by atoms with Gasteiger partial charge in [0.2, 0.25) is 16.9 Å². The lowest BCUT2D eigenvalue weighted by molar-refractivity contribution is -0.120. The number of benzene rings is 1. The molecule has 0 saturated heterocycles. The average Bonchev–Trinajstić information content (AvgIpc) is 2.85. The minimum absolute atomic E-state index is 0.00856. The molecule has 0 aliphatic rings. The Kier molecular flexibility index (Phi) is 5.15. The number of nitrogens with zero attached hydrogens (tertiary/aromatic N) is 3. The summed E-state index contributed by atoms with van der Waals surface area (Å²) < 4.78 is 0. The van der Waals surface area contributed by atoms with Crippen LogP contribution in [-0.2, 0) is 16.0 Å². The number of hydrazone groups is 1. The van der Waals surface area contributed by atoms with Crippen LogP contribution in [0.1, 0.15) is 17.5 Å². The zero-order valence-corrected chi connectivity index (χ0v) is 12.4. The van der Waals surface area contributed by atoms with E-state index in [0.717, 1.165) is 11.3 Å². The second-order valence-electron chi connectivity index (χ2n) is 4.25. The Morgan fingerprint density at radius 2 is 2.23 bits per heavy atom. The molecule has 0 bridgehead atoms. The summed E-state index contributed by atoms with van der Waals surface area (Å²) in [5.41, 5.74) is 3.01. The quantitative estimate of drug-likeness (QED) is 0.559. The number of nitrogens with one attached hydrogen (secondary N) is 2. The number of amides is 2. The Bertz CT molecular complexity index is 713. The van der Waals surface area contributed by atoms with Crippen molar-refractivity contribution in [2.24, 2.45) is 5.10 Å². The van der Waals surface area contributed by atoms with Gasteiger partial charge < -0.3 is 10.4 Å². The molecule has 2 aromatic rings. The molecular weight excluding hydrogens is 306 g/mol. The minimum atomic E-state index is -0.359. The van der Waals surface area contributed by atoms with Crippen molar-refractivity contribution >= 4 is 34.5 Å². The molecule has 0 saturated carbocycles. The minimum Gasteiger partial charge on any atom is -0.508 e. The number of phenols is 1. The van der Waals surface area contributed by atoms with Crippen molar-refractivity contribution in [3.05, 3.63) is 34.8 Å². The van der Waals surface area contributed by atoms with Gasteiger partial charge in [-0.05, 0) is 17.7 Å². The number of phenolic OH excluding ortho intramolecular Hbond substituents is 1. The summed E-state index contributed by atoms with van der Waals surface area (Å²) in [4.78, 5) is 22.5. The number of hydrogen-bond donors (Lipinski definition) is 3. The van der Waals surface area contributed by atoms with Crippen molar-refractivity contribution in [2.75, 3.05) is 5.32 Å². The third-order valence-electron chi connectivity index (χ3n) is 2.33. The SMILES string of the molecule is CC(=O)Nc1nnc(CC(=O)N/N=C\c2cccc(O)c2)s1. The van der Waals surface area contributed by atoms with Gasteiger partial charge in [-0.2, -0.15) is 5.10 Å². The fourth-order valence-corrected chi connectivity index (χ4v) is 2.27. The highest BCUT2D eigenvalue weighted by molar-refractivity contribution is 7.15. The van der Waals surface area contributed by atoms with Crippen LogP contribution in [0, 0.1) is 0 Å². The number of anilines is 1. The fourth-order valence-electron chi connectivity index (χ4n) is 1.49. The van der Waals surface area contributed by atoms with Gasteiger partial charge in [0.1, 0.15) is 10.8 Å². The molecule has 1 aromatic carbocycles. The van der Waals surface area contributed by atoms with E-state index in [0.29, 0.717) is 15.7 Å². The van der Waals surface area contributed by atoms with Crippen LogP contribution in [0.25, 0.3) is 0 Å². The summed E-state index contributed by atoms with van der Waals surface area (Å²) in [5.74, 6) is -0.487. The monoisotopic (exact) mass is 319 g/mol. The molecule has 8 nitrogen and oxygen atoms in total. The van der Waals surface area contributed by atoms with Crippen molar-refractivity contribution < 1.29 is 14.7 Å². The lowest BCUT2D eigenvalue weighted by Crippen LogP contribution is -2.19. The first-order chi connectivity index (χ1) is 10.5. The van der Waals surface area contributed by atoms with E-state index in [1.807, 2.05) is 0 Å². The van der Waals surface area contributed by atoms with Gasteiger partial charge in [-0.25, -0.2) is 5.43 Å². The van der Waals surface area contributed by atoms with Gasteiger partial charge in [0, 0.05) is 6.92 Å². The summed E-state index contributed by atoms with van der Waals surface area (Å²) in [6.07, 6.45) is 1.43. The van der Waals surface area contributed by atoms with Gasteiger partial charge >= 0.3 is 0 Å². The normalized spacial score (nSPS) is 10.6. The maximum atomic E-state index is 11.7. The van der Waals surface area contributed by atoms with E-state index < -0.39 is 0 Å². The standard InChI is InChI=1S/C13H13N5O3S/c1-8(19)15-13-18-17-12(22-13)6-11(21)16-14-7-9-3-2-4-10(20)5-9/h2-5,7,20H,6H2,1H3,(H,16,21)(H,15,18,19)/b14-7-. The Balaban J connectivity index is 1.85. The topological polar surface area (TPSA) is 117 Å². The van der Waals surface area contributed by atoms with E-state index >= 15 is 0 Å². The van der Waals surface area contributed by atoms with E-state index in [9.17, 15) is 14.7 Å². The third kappa shape index (κ3) is 4.94. The fraction of sp³-hybridized carbons (Fsp3) is 0.154. The van der Waals surface area contributed by atoms with Crippen LogP contribution in [0.5, 0.6) is 5.75 Å². The molecule has 2 amide bonds. The third-order valence-corrected chi connectivity index (χ3v) is 3.17. The Labute approximate surface area is 129 Å². The Morgan fingerprint density at radius 1 is 1.41 bits per heavy atom. The molecule has 9 heteroatoms. The van der Waals surface area contributed by atoms with E-state index in [4.69, 9.17) is 0 Å². The number of carbonyl (C=O) groups excluding carboxylic acids is 2. The predicted molar refractivity (Wildman–Crippen MR) is 81.8 cm³/mol. The molecule has 114 valence electrons. The first kappa shape index (κ1) is 15.6. The molecule has 0 aliphatic heterocycles. The van der Waals surface area contributed by atoms with Crippen molar-refractivity contribution in [1.29, 1.82) is 0 Å².